The Kier molecular flexibility index (Phi) is 5.18. The van der Waals surface area contributed by atoms with Gasteiger partial charge in [0.05, 0.1) is 0 Å². The molecule has 1 aliphatic heterocycles. The van der Waals surface area contributed by atoms with Gasteiger partial charge in [0.15, 0.2) is 0 Å². The van der Waals surface area contributed by atoms with E-state index < -0.39 is 0 Å². The molecular weight excluding hydrogens is 251 g/mol. The summed E-state index contributed by atoms with van der Waals surface area (Å²) in [6.45, 7) is 9.41. The summed E-state index contributed by atoms with van der Waals surface area (Å²) in [5.41, 5.74) is 3.12. The summed E-state index contributed by atoms with van der Waals surface area (Å²) in [4.78, 5) is 2.49. The van der Waals surface area contributed by atoms with Gasteiger partial charge < -0.3 is 5.32 Å². The van der Waals surface area contributed by atoms with E-state index in [0.29, 0.717) is 11.6 Å². The molecular formula is C17H25FN2. The molecule has 0 aliphatic carbocycles. The molecule has 1 aromatic rings. The summed E-state index contributed by atoms with van der Waals surface area (Å²) < 4.78 is 13.2. The van der Waals surface area contributed by atoms with Crippen LogP contribution in [0.3, 0.4) is 0 Å². The molecule has 0 spiro atoms. The molecule has 1 fully saturated rings. The first-order chi connectivity index (χ1) is 9.54. The number of nitrogens with zero attached hydrogens (tertiary/aromatic N) is 1. The van der Waals surface area contributed by atoms with E-state index >= 15 is 0 Å². The molecule has 0 unspecified atom stereocenters. The molecule has 0 amide bonds. The molecule has 3 heteroatoms. The van der Waals surface area contributed by atoms with Crippen molar-refractivity contribution < 1.29 is 4.39 Å². The number of benzene rings is 1. The average Bonchev–Trinajstić information content (AvgIpc) is 2.42. The number of anilines is 1. The van der Waals surface area contributed by atoms with Crippen molar-refractivity contribution in [2.24, 2.45) is 0 Å². The number of nitrogens with one attached hydrogen (secondary N) is 1. The van der Waals surface area contributed by atoms with Crippen molar-refractivity contribution in [1.82, 2.24) is 4.90 Å². The highest BCUT2D eigenvalue weighted by atomic mass is 19.1. The van der Waals surface area contributed by atoms with Crippen LogP contribution in [-0.2, 0) is 0 Å². The number of allylic oxidation sites excluding steroid dienone is 1. The topological polar surface area (TPSA) is 15.3 Å². The normalized spacial score (nSPS) is 17.0. The summed E-state index contributed by atoms with van der Waals surface area (Å²) in [6.07, 6.45) is 4.58. The lowest BCUT2D eigenvalue weighted by atomic mass is 10.0. The fourth-order valence-electron chi connectivity index (χ4n) is 2.54. The number of halogens is 1. The SMILES string of the molecule is CC(C)=CCN1CCC(Nc2ccc(F)c(C)c2)CC1. The van der Waals surface area contributed by atoms with Crippen LogP contribution in [0.15, 0.2) is 29.8 Å². The van der Waals surface area contributed by atoms with Crippen LogP contribution in [0.5, 0.6) is 0 Å². The Morgan fingerprint density at radius 2 is 2.05 bits per heavy atom. The van der Waals surface area contributed by atoms with E-state index in [1.165, 1.54) is 5.57 Å². The fourth-order valence-corrected chi connectivity index (χ4v) is 2.54. The van der Waals surface area contributed by atoms with Gasteiger partial charge in [-0.25, -0.2) is 4.39 Å². The van der Waals surface area contributed by atoms with Crippen LogP contribution in [0.1, 0.15) is 32.3 Å². The molecule has 1 heterocycles. The van der Waals surface area contributed by atoms with E-state index in [0.717, 1.165) is 38.2 Å². The Hall–Kier alpha value is -1.35. The number of rotatable bonds is 4. The van der Waals surface area contributed by atoms with E-state index in [1.54, 1.807) is 6.07 Å². The number of likely N-dealkylation sites (tertiary alicyclic amines) is 1. The lowest BCUT2D eigenvalue weighted by molar-refractivity contribution is 0.240. The van der Waals surface area contributed by atoms with Crippen LogP contribution in [0.25, 0.3) is 0 Å². The standard InChI is InChI=1S/C17H25FN2/c1-13(2)6-9-20-10-7-15(8-11-20)19-16-4-5-17(18)14(3)12-16/h4-6,12,15,19H,7-11H2,1-3H3. The fraction of sp³-hybridized carbons (Fsp3) is 0.529. The second-order valence-electron chi connectivity index (χ2n) is 5.96. The zero-order valence-electron chi connectivity index (χ0n) is 12.7. The van der Waals surface area contributed by atoms with Crippen LogP contribution in [-0.4, -0.2) is 30.6 Å². The van der Waals surface area contributed by atoms with Crippen LogP contribution in [0.2, 0.25) is 0 Å². The first kappa shape index (κ1) is 15.0. The Bertz CT molecular complexity index is 470. The third-order valence-electron chi connectivity index (χ3n) is 3.87. The molecule has 0 saturated carbocycles. The zero-order chi connectivity index (χ0) is 14.5. The minimum Gasteiger partial charge on any atom is -0.382 e. The summed E-state index contributed by atoms with van der Waals surface area (Å²) in [5.74, 6) is -0.132. The minimum absolute atomic E-state index is 0.132. The minimum atomic E-state index is -0.132. The number of hydrogen-bond donors (Lipinski definition) is 1. The predicted molar refractivity (Wildman–Crippen MR) is 83.7 cm³/mol. The monoisotopic (exact) mass is 276 g/mol. The molecule has 0 atom stereocenters. The molecule has 0 radical (unpaired) electrons. The van der Waals surface area contributed by atoms with Crippen molar-refractivity contribution in [3.8, 4) is 0 Å². The highest BCUT2D eigenvalue weighted by Crippen LogP contribution is 2.19. The van der Waals surface area contributed by atoms with Gasteiger partial charge in [-0.15, -0.1) is 0 Å². The predicted octanol–water partition coefficient (Wildman–Crippen LogP) is 3.98. The maximum absolute atomic E-state index is 13.2. The van der Waals surface area contributed by atoms with Crippen LogP contribution in [0, 0.1) is 12.7 Å². The van der Waals surface area contributed by atoms with Crippen molar-refractivity contribution in [3.63, 3.8) is 0 Å². The van der Waals surface area contributed by atoms with Gasteiger partial charge in [-0.3, -0.25) is 4.90 Å². The van der Waals surface area contributed by atoms with E-state index in [1.807, 2.05) is 19.1 Å². The van der Waals surface area contributed by atoms with E-state index in [9.17, 15) is 4.39 Å². The molecule has 1 aromatic carbocycles. The maximum atomic E-state index is 13.2. The summed E-state index contributed by atoms with van der Waals surface area (Å²) in [5, 5.41) is 3.53. The highest BCUT2D eigenvalue weighted by Gasteiger charge is 2.18. The maximum Gasteiger partial charge on any atom is 0.126 e. The molecule has 1 saturated heterocycles. The smallest absolute Gasteiger partial charge is 0.126 e. The van der Waals surface area contributed by atoms with Crippen LogP contribution < -0.4 is 5.32 Å². The molecule has 110 valence electrons. The Labute approximate surface area is 121 Å². The highest BCUT2D eigenvalue weighted by molar-refractivity contribution is 5.46. The largest absolute Gasteiger partial charge is 0.382 e. The molecule has 1 aliphatic rings. The number of aryl methyl sites for hydroxylation is 1. The van der Waals surface area contributed by atoms with Gasteiger partial charge in [-0.05, 0) is 57.4 Å². The van der Waals surface area contributed by atoms with Crippen molar-refractivity contribution in [3.05, 3.63) is 41.2 Å². The average molecular weight is 276 g/mol. The first-order valence-corrected chi connectivity index (χ1v) is 7.43. The number of piperidine rings is 1. The van der Waals surface area contributed by atoms with Crippen LogP contribution in [0.4, 0.5) is 10.1 Å². The van der Waals surface area contributed by atoms with Crippen molar-refractivity contribution in [1.29, 1.82) is 0 Å². The second-order valence-corrected chi connectivity index (χ2v) is 5.96. The first-order valence-electron chi connectivity index (χ1n) is 7.43. The van der Waals surface area contributed by atoms with Gasteiger partial charge >= 0.3 is 0 Å². The quantitative estimate of drug-likeness (QED) is 0.837. The van der Waals surface area contributed by atoms with Gasteiger partial charge in [0.1, 0.15) is 5.82 Å². The molecule has 2 rings (SSSR count). The van der Waals surface area contributed by atoms with Gasteiger partial charge in [-0.1, -0.05) is 11.6 Å². The van der Waals surface area contributed by atoms with Crippen molar-refractivity contribution in [2.75, 3.05) is 25.0 Å². The molecule has 20 heavy (non-hydrogen) atoms. The number of hydrogen-bond acceptors (Lipinski definition) is 2. The summed E-state index contributed by atoms with van der Waals surface area (Å²) in [6, 6.07) is 5.77. The second kappa shape index (κ2) is 6.89. The van der Waals surface area contributed by atoms with Gasteiger partial charge in [0.25, 0.3) is 0 Å². The summed E-state index contributed by atoms with van der Waals surface area (Å²) in [7, 11) is 0. The molecule has 0 bridgehead atoms. The Morgan fingerprint density at radius 3 is 2.65 bits per heavy atom. The van der Waals surface area contributed by atoms with Gasteiger partial charge in [0.2, 0.25) is 0 Å². The zero-order valence-corrected chi connectivity index (χ0v) is 12.7. The third kappa shape index (κ3) is 4.34. The van der Waals surface area contributed by atoms with Crippen molar-refractivity contribution in [2.45, 2.75) is 39.7 Å². The lowest BCUT2D eigenvalue weighted by Crippen LogP contribution is -2.39. The Morgan fingerprint density at radius 1 is 1.35 bits per heavy atom. The lowest BCUT2D eigenvalue weighted by Gasteiger charge is -2.32. The van der Waals surface area contributed by atoms with E-state index in [2.05, 4.69) is 30.1 Å². The summed E-state index contributed by atoms with van der Waals surface area (Å²) >= 11 is 0. The molecule has 0 aromatic heterocycles. The third-order valence-corrected chi connectivity index (χ3v) is 3.87. The molecule has 1 N–H and O–H groups in total. The van der Waals surface area contributed by atoms with E-state index in [4.69, 9.17) is 0 Å². The van der Waals surface area contributed by atoms with Crippen LogP contribution >= 0.6 is 0 Å². The Balaban J connectivity index is 1.82. The van der Waals surface area contributed by atoms with Gasteiger partial charge in [0, 0.05) is 31.4 Å². The van der Waals surface area contributed by atoms with Crippen molar-refractivity contribution >= 4 is 5.69 Å². The molecule has 2 nitrogen and oxygen atoms in total. The van der Waals surface area contributed by atoms with Gasteiger partial charge in [-0.2, -0.15) is 0 Å². The van der Waals surface area contributed by atoms with E-state index in [-0.39, 0.29) is 5.82 Å².